The van der Waals surface area contributed by atoms with Gasteiger partial charge in [-0.25, -0.2) is 8.78 Å². The maximum Gasteiger partial charge on any atom is 0.262 e. The van der Waals surface area contributed by atoms with Gasteiger partial charge in [-0.05, 0) is 18.2 Å². The zero-order chi connectivity index (χ0) is 17.7. The fraction of sp³-hybridized carbons (Fsp3) is 0.188. The molecule has 2 aromatic rings. The number of halogens is 3. The van der Waals surface area contributed by atoms with Crippen molar-refractivity contribution in [3.63, 3.8) is 0 Å². The first-order chi connectivity index (χ1) is 11.4. The van der Waals surface area contributed by atoms with Crippen LogP contribution in [0.3, 0.4) is 0 Å². The molecule has 1 amide bonds. The van der Waals surface area contributed by atoms with Gasteiger partial charge in [0.15, 0.2) is 18.2 Å². The Kier molecular flexibility index (Phi) is 5.81. The average Bonchev–Trinajstić information content (AvgIpc) is 2.54. The number of hydrogen-bond donors (Lipinski definition) is 1. The van der Waals surface area contributed by atoms with Crippen LogP contribution in [-0.2, 0) is 4.79 Å². The van der Waals surface area contributed by atoms with E-state index >= 15 is 0 Å². The Morgan fingerprint density at radius 2 is 1.79 bits per heavy atom. The van der Waals surface area contributed by atoms with Crippen LogP contribution in [0.5, 0.6) is 17.2 Å². The summed E-state index contributed by atoms with van der Waals surface area (Å²) in [6, 6.07) is 5.76. The summed E-state index contributed by atoms with van der Waals surface area (Å²) in [4.78, 5) is 11.9. The minimum atomic E-state index is -0.895. The highest BCUT2D eigenvalue weighted by molar-refractivity contribution is 6.32. The van der Waals surface area contributed by atoms with Crippen molar-refractivity contribution in [1.29, 1.82) is 0 Å². The molecule has 1 N–H and O–H groups in total. The van der Waals surface area contributed by atoms with Crippen LogP contribution in [0, 0.1) is 11.6 Å². The van der Waals surface area contributed by atoms with E-state index in [9.17, 15) is 13.6 Å². The number of ether oxygens (including phenoxy) is 3. The van der Waals surface area contributed by atoms with Crippen molar-refractivity contribution in [3.05, 3.63) is 47.0 Å². The molecule has 128 valence electrons. The summed E-state index contributed by atoms with van der Waals surface area (Å²) in [5.74, 6) is -1.71. The third-order valence-corrected chi connectivity index (χ3v) is 3.30. The van der Waals surface area contributed by atoms with Gasteiger partial charge in [0.25, 0.3) is 5.91 Å². The lowest BCUT2D eigenvalue weighted by atomic mass is 10.2. The molecule has 0 aromatic heterocycles. The quantitative estimate of drug-likeness (QED) is 0.857. The molecule has 5 nitrogen and oxygen atoms in total. The maximum absolute atomic E-state index is 13.4. The summed E-state index contributed by atoms with van der Waals surface area (Å²) in [5, 5.41) is 2.81. The molecule has 0 unspecified atom stereocenters. The van der Waals surface area contributed by atoms with Gasteiger partial charge in [0.1, 0.15) is 17.3 Å². The zero-order valence-corrected chi connectivity index (χ0v) is 13.6. The fourth-order valence-electron chi connectivity index (χ4n) is 1.88. The summed E-state index contributed by atoms with van der Waals surface area (Å²) in [7, 11) is 2.87. The topological polar surface area (TPSA) is 56.8 Å². The maximum atomic E-state index is 13.4. The molecule has 0 heterocycles. The Labute approximate surface area is 142 Å². The molecule has 0 radical (unpaired) electrons. The van der Waals surface area contributed by atoms with Crippen LogP contribution in [0.2, 0.25) is 5.02 Å². The van der Waals surface area contributed by atoms with Crippen molar-refractivity contribution >= 4 is 23.2 Å². The van der Waals surface area contributed by atoms with Crippen molar-refractivity contribution in [1.82, 2.24) is 0 Å². The first-order valence-electron chi connectivity index (χ1n) is 6.73. The lowest BCUT2D eigenvalue weighted by Crippen LogP contribution is -2.21. The molecule has 2 aromatic carbocycles. The van der Waals surface area contributed by atoms with Crippen LogP contribution < -0.4 is 19.5 Å². The number of rotatable bonds is 6. The molecule has 0 saturated carbocycles. The van der Waals surface area contributed by atoms with Crippen molar-refractivity contribution in [2.45, 2.75) is 0 Å². The Morgan fingerprint density at radius 3 is 2.42 bits per heavy atom. The number of nitrogens with one attached hydrogen (secondary N) is 1. The molecule has 0 atom stereocenters. The standard InChI is InChI=1S/C16H14ClF2NO4/c1-22-14-7-15(23-2)12(6-10(14)17)20-16(21)8-24-13-4-3-9(18)5-11(13)19/h3-7H,8H2,1-2H3,(H,20,21). The monoisotopic (exact) mass is 357 g/mol. The van der Waals surface area contributed by atoms with Crippen molar-refractivity contribution < 1.29 is 27.8 Å². The summed E-state index contributed by atoms with van der Waals surface area (Å²) < 4.78 is 41.5. The van der Waals surface area contributed by atoms with Crippen molar-refractivity contribution in [2.24, 2.45) is 0 Å². The number of amides is 1. The van der Waals surface area contributed by atoms with E-state index in [-0.39, 0.29) is 10.8 Å². The molecule has 0 aliphatic rings. The van der Waals surface area contributed by atoms with Gasteiger partial charge in [-0.1, -0.05) is 11.6 Å². The predicted molar refractivity (Wildman–Crippen MR) is 85.0 cm³/mol. The van der Waals surface area contributed by atoms with Crippen LogP contribution in [0.1, 0.15) is 0 Å². The molecule has 0 bridgehead atoms. The van der Waals surface area contributed by atoms with E-state index < -0.39 is 24.1 Å². The van der Waals surface area contributed by atoms with Crippen LogP contribution in [-0.4, -0.2) is 26.7 Å². The van der Waals surface area contributed by atoms with Gasteiger partial charge >= 0.3 is 0 Å². The molecule has 0 aliphatic heterocycles. The smallest absolute Gasteiger partial charge is 0.262 e. The highest BCUT2D eigenvalue weighted by atomic mass is 35.5. The Bertz CT molecular complexity index is 755. The van der Waals surface area contributed by atoms with Gasteiger partial charge < -0.3 is 19.5 Å². The molecule has 0 spiro atoms. The number of anilines is 1. The van der Waals surface area contributed by atoms with Gasteiger partial charge in [0.05, 0.1) is 24.9 Å². The Morgan fingerprint density at radius 1 is 1.08 bits per heavy atom. The molecular formula is C16H14ClF2NO4. The third kappa shape index (κ3) is 4.26. The molecule has 8 heteroatoms. The van der Waals surface area contributed by atoms with Gasteiger partial charge in [0.2, 0.25) is 0 Å². The van der Waals surface area contributed by atoms with Gasteiger partial charge in [-0.3, -0.25) is 4.79 Å². The Balaban J connectivity index is 2.05. The summed E-state index contributed by atoms with van der Waals surface area (Å²) in [6.45, 7) is -0.477. The second kappa shape index (κ2) is 7.83. The zero-order valence-electron chi connectivity index (χ0n) is 12.9. The van der Waals surface area contributed by atoms with Gasteiger partial charge in [-0.2, -0.15) is 0 Å². The highest BCUT2D eigenvalue weighted by Gasteiger charge is 2.14. The number of hydrogen-bond acceptors (Lipinski definition) is 4. The minimum absolute atomic E-state index is 0.230. The van der Waals surface area contributed by atoms with E-state index in [2.05, 4.69) is 5.32 Å². The molecular weight excluding hydrogens is 344 g/mol. The van der Waals surface area contributed by atoms with Crippen LogP contribution in [0.15, 0.2) is 30.3 Å². The molecule has 0 fully saturated rings. The van der Waals surface area contributed by atoms with Gasteiger partial charge in [-0.15, -0.1) is 0 Å². The van der Waals surface area contributed by atoms with Crippen molar-refractivity contribution in [3.8, 4) is 17.2 Å². The van der Waals surface area contributed by atoms with Crippen molar-refractivity contribution in [2.75, 3.05) is 26.1 Å². The largest absolute Gasteiger partial charge is 0.495 e. The van der Waals surface area contributed by atoms with E-state index in [1.54, 1.807) is 0 Å². The van der Waals surface area contributed by atoms with E-state index in [4.69, 9.17) is 25.8 Å². The number of carbonyl (C=O) groups is 1. The van der Waals surface area contributed by atoms with Crippen LogP contribution in [0.4, 0.5) is 14.5 Å². The third-order valence-electron chi connectivity index (χ3n) is 3.00. The minimum Gasteiger partial charge on any atom is -0.495 e. The van der Waals surface area contributed by atoms with E-state index in [1.807, 2.05) is 0 Å². The number of carbonyl (C=O) groups excluding carboxylic acids is 1. The van der Waals surface area contributed by atoms with Gasteiger partial charge in [0, 0.05) is 12.1 Å². The second-order valence-corrected chi connectivity index (χ2v) is 5.01. The summed E-state index contributed by atoms with van der Waals surface area (Å²) in [6.07, 6.45) is 0. The Hall–Kier alpha value is -2.54. The van der Waals surface area contributed by atoms with E-state index in [0.29, 0.717) is 23.3 Å². The normalized spacial score (nSPS) is 10.2. The van der Waals surface area contributed by atoms with E-state index in [1.165, 1.54) is 26.4 Å². The van der Waals surface area contributed by atoms with E-state index in [0.717, 1.165) is 12.1 Å². The summed E-state index contributed by atoms with van der Waals surface area (Å²) >= 11 is 6.00. The lowest BCUT2D eigenvalue weighted by molar-refractivity contribution is -0.118. The first kappa shape index (κ1) is 17.8. The number of methoxy groups -OCH3 is 2. The number of benzene rings is 2. The van der Waals surface area contributed by atoms with Crippen LogP contribution in [0.25, 0.3) is 0 Å². The SMILES string of the molecule is COc1cc(OC)c(NC(=O)COc2ccc(F)cc2F)cc1Cl. The second-order valence-electron chi connectivity index (χ2n) is 4.60. The molecule has 2 rings (SSSR count). The predicted octanol–water partition coefficient (Wildman–Crippen LogP) is 3.65. The van der Waals surface area contributed by atoms with Crippen LogP contribution >= 0.6 is 11.6 Å². The average molecular weight is 358 g/mol. The molecule has 24 heavy (non-hydrogen) atoms. The summed E-state index contributed by atoms with van der Waals surface area (Å²) in [5.41, 5.74) is 0.302. The molecule has 0 aliphatic carbocycles. The fourth-order valence-corrected chi connectivity index (χ4v) is 2.12. The molecule has 0 saturated heterocycles. The highest BCUT2D eigenvalue weighted by Crippen LogP contribution is 2.35. The first-order valence-corrected chi connectivity index (χ1v) is 7.11. The lowest BCUT2D eigenvalue weighted by Gasteiger charge is -2.13.